The summed E-state index contributed by atoms with van der Waals surface area (Å²) in [7, 11) is 1.87. The van der Waals surface area contributed by atoms with Crippen molar-refractivity contribution in [2.45, 2.75) is 6.54 Å². The van der Waals surface area contributed by atoms with Crippen LogP contribution in [0.4, 0.5) is 5.69 Å². The lowest BCUT2D eigenvalue weighted by Gasteiger charge is -2.05. The summed E-state index contributed by atoms with van der Waals surface area (Å²) >= 11 is 0. The Morgan fingerprint density at radius 1 is 1.40 bits per heavy atom. The molecule has 0 fully saturated rings. The van der Waals surface area contributed by atoms with E-state index in [4.69, 9.17) is 0 Å². The molecule has 0 aliphatic rings. The number of para-hydroxylation sites is 1. The molecule has 4 nitrogen and oxygen atoms in total. The lowest BCUT2D eigenvalue weighted by Crippen LogP contribution is -1.98. The molecule has 0 bridgehead atoms. The molecule has 0 atom stereocenters. The summed E-state index contributed by atoms with van der Waals surface area (Å²) in [5, 5.41) is 16.8. The molecule has 4 heteroatoms. The summed E-state index contributed by atoms with van der Waals surface area (Å²) in [6, 6.07) is 7.28. The van der Waals surface area contributed by atoms with Crippen molar-refractivity contribution in [2.24, 2.45) is 7.05 Å². The smallest absolute Gasteiger partial charge is 0.120 e. The van der Waals surface area contributed by atoms with E-state index < -0.39 is 0 Å². The fourth-order valence-corrected chi connectivity index (χ4v) is 1.37. The maximum absolute atomic E-state index is 9.53. The fraction of sp³-hybridized carbons (Fsp3) is 0.182. The van der Waals surface area contributed by atoms with Gasteiger partial charge in [0, 0.05) is 25.4 Å². The molecule has 0 amide bonds. The monoisotopic (exact) mass is 203 g/mol. The summed E-state index contributed by atoms with van der Waals surface area (Å²) < 4.78 is 1.73. The van der Waals surface area contributed by atoms with E-state index in [1.807, 2.05) is 31.4 Å². The molecule has 15 heavy (non-hydrogen) atoms. The molecule has 2 rings (SSSR count). The van der Waals surface area contributed by atoms with Crippen LogP contribution in [0, 0.1) is 0 Å². The van der Waals surface area contributed by atoms with Crippen LogP contribution in [0.2, 0.25) is 0 Å². The number of aromatic hydroxyl groups is 1. The van der Waals surface area contributed by atoms with Crippen LogP contribution in [0.25, 0.3) is 0 Å². The van der Waals surface area contributed by atoms with E-state index in [9.17, 15) is 5.11 Å². The second-order valence-electron chi connectivity index (χ2n) is 3.38. The van der Waals surface area contributed by atoms with Gasteiger partial charge in [-0.1, -0.05) is 18.2 Å². The van der Waals surface area contributed by atoms with Crippen LogP contribution in [0.1, 0.15) is 5.56 Å². The Labute approximate surface area is 88.2 Å². The number of aryl methyl sites for hydroxylation is 1. The largest absolute Gasteiger partial charge is 0.508 e. The van der Waals surface area contributed by atoms with E-state index in [1.165, 1.54) is 0 Å². The normalized spacial score (nSPS) is 10.2. The predicted molar refractivity (Wildman–Crippen MR) is 58.6 cm³/mol. The maximum Gasteiger partial charge on any atom is 0.120 e. The number of phenols is 1. The van der Waals surface area contributed by atoms with Crippen molar-refractivity contribution in [1.82, 2.24) is 9.78 Å². The van der Waals surface area contributed by atoms with E-state index in [0.717, 1.165) is 11.3 Å². The third-order valence-electron chi connectivity index (χ3n) is 2.18. The zero-order valence-electron chi connectivity index (χ0n) is 8.51. The Balaban J connectivity index is 2.02. The number of rotatable bonds is 3. The molecule has 0 saturated carbocycles. The third kappa shape index (κ3) is 2.28. The molecule has 0 saturated heterocycles. The molecule has 1 aromatic carbocycles. The average molecular weight is 203 g/mol. The van der Waals surface area contributed by atoms with Gasteiger partial charge >= 0.3 is 0 Å². The summed E-state index contributed by atoms with van der Waals surface area (Å²) in [5.74, 6) is 0.314. The van der Waals surface area contributed by atoms with Crippen LogP contribution in [0.5, 0.6) is 5.75 Å². The van der Waals surface area contributed by atoms with Gasteiger partial charge in [-0.15, -0.1) is 0 Å². The molecule has 1 heterocycles. The molecule has 2 N–H and O–H groups in total. The molecule has 78 valence electrons. The van der Waals surface area contributed by atoms with Crippen LogP contribution in [-0.2, 0) is 13.6 Å². The number of hydrogen-bond donors (Lipinski definition) is 2. The van der Waals surface area contributed by atoms with Gasteiger partial charge in [0.1, 0.15) is 5.75 Å². The summed E-state index contributed by atoms with van der Waals surface area (Å²) in [6.45, 7) is 0.596. The van der Waals surface area contributed by atoms with E-state index >= 15 is 0 Å². The molecule has 0 aliphatic heterocycles. The highest BCUT2D eigenvalue weighted by molar-refractivity contribution is 5.41. The Hall–Kier alpha value is -1.97. The van der Waals surface area contributed by atoms with Crippen LogP contribution in [-0.4, -0.2) is 14.9 Å². The average Bonchev–Trinajstić information content (AvgIpc) is 2.63. The van der Waals surface area contributed by atoms with Gasteiger partial charge in [0.15, 0.2) is 0 Å². The van der Waals surface area contributed by atoms with Crippen LogP contribution in [0.15, 0.2) is 36.7 Å². The highest BCUT2D eigenvalue weighted by atomic mass is 16.3. The minimum absolute atomic E-state index is 0.314. The van der Waals surface area contributed by atoms with E-state index in [2.05, 4.69) is 10.4 Å². The number of phenolic OH excluding ortho intramolecular Hbond substituents is 1. The van der Waals surface area contributed by atoms with Gasteiger partial charge in [-0.2, -0.15) is 5.10 Å². The molecule has 0 spiro atoms. The highest BCUT2D eigenvalue weighted by Gasteiger charge is 1.99. The van der Waals surface area contributed by atoms with Gasteiger partial charge in [-0.3, -0.25) is 4.68 Å². The summed E-state index contributed by atoms with van der Waals surface area (Å²) in [4.78, 5) is 0. The zero-order valence-corrected chi connectivity index (χ0v) is 8.51. The molecule has 0 unspecified atom stereocenters. The fourth-order valence-electron chi connectivity index (χ4n) is 1.37. The first kappa shape index (κ1) is 9.58. The van der Waals surface area contributed by atoms with E-state index in [1.54, 1.807) is 16.9 Å². The molecular weight excluding hydrogens is 190 g/mol. The minimum atomic E-state index is 0.314. The van der Waals surface area contributed by atoms with Crippen molar-refractivity contribution in [3.63, 3.8) is 0 Å². The minimum Gasteiger partial charge on any atom is -0.508 e. The number of aromatic nitrogens is 2. The first-order valence-electron chi connectivity index (χ1n) is 4.75. The van der Waals surface area contributed by atoms with Gasteiger partial charge in [0.25, 0.3) is 0 Å². The molecular formula is C11H13N3O. The van der Waals surface area contributed by atoms with E-state index in [0.29, 0.717) is 12.3 Å². The number of nitrogens with zero attached hydrogens (tertiary/aromatic N) is 2. The first-order chi connectivity index (χ1) is 7.25. The second-order valence-corrected chi connectivity index (χ2v) is 3.38. The summed E-state index contributed by atoms with van der Waals surface area (Å²) in [6.07, 6.45) is 3.64. The standard InChI is InChI=1S/C11H13N3O/c1-14-8-10(7-13-14)12-6-9-4-2-3-5-11(9)15/h2-5,7-8,12,15H,6H2,1H3. The quantitative estimate of drug-likeness (QED) is 0.798. The Morgan fingerprint density at radius 3 is 2.87 bits per heavy atom. The highest BCUT2D eigenvalue weighted by Crippen LogP contribution is 2.17. The predicted octanol–water partition coefficient (Wildman–Crippen LogP) is 1.74. The third-order valence-corrected chi connectivity index (χ3v) is 2.18. The van der Waals surface area contributed by atoms with E-state index in [-0.39, 0.29) is 0 Å². The van der Waals surface area contributed by atoms with Gasteiger partial charge in [-0.25, -0.2) is 0 Å². The van der Waals surface area contributed by atoms with Gasteiger partial charge in [0.2, 0.25) is 0 Å². The topological polar surface area (TPSA) is 50.1 Å². The van der Waals surface area contributed by atoms with Gasteiger partial charge in [-0.05, 0) is 6.07 Å². The van der Waals surface area contributed by atoms with Crippen molar-refractivity contribution >= 4 is 5.69 Å². The lowest BCUT2D eigenvalue weighted by atomic mass is 10.2. The Bertz CT molecular complexity index is 451. The van der Waals surface area contributed by atoms with Crippen LogP contribution in [0.3, 0.4) is 0 Å². The number of hydrogen-bond acceptors (Lipinski definition) is 3. The van der Waals surface area contributed by atoms with Crippen molar-refractivity contribution < 1.29 is 5.11 Å². The van der Waals surface area contributed by atoms with Crippen molar-refractivity contribution in [2.75, 3.05) is 5.32 Å². The van der Waals surface area contributed by atoms with Crippen molar-refractivity contribution in [1.29, 1.82) is 0 Å². The SMILES string of the molecule is Cn1cc(NCc2ccccc2O)cn1. The van der Waals surface area contributed by atoms with Crippen LogP contribution < -0.4 is 5.32 Å². The molecule has 0 radical (unpaired) electrons. The van der Waals surface area contributed by atoms with Gasteiger partial charge < -0.3 is 10.4 Å². The molecule has 1 aromatic heterocycles. The van der Waals surface area contributed by atoms with Gasteiger partial charge in [0.05, 0.1) is 11.9 Å². The number of anilines is 1. The Morgan fingerprint density at radius 2 is 2.20 bits per heavy atom. The number of nitrogens with one attached hydrogen (secondary N) is 1. The molecule has 2 aromatic rings. The second kappa shape index (κ2) is 4.04. The lowest BCUT2D eigenvalue weighted by molar-refractivity contribution is 0.469. The summed E-state index contributed by atoms with van der Waals surface area (Å²) in [5.41, 5.74) is 1.82. The Kier molecular flexibility index (Phi) is 2.58. The zero-order chi connectivity index (χ0) is 10.7. The first-order valence-corrected chi connectivity index (χ1v) is 4.75. The molecule has 0 aliphatic carbocycles. The van der Waals surface area contributed by atoms with Crippen molar-refractivity contribution in [3.8, 4) is 5.75 Å². The maximum atomic E-state index is 9.53. The van der Waals surface area contributed by atoms with Crippen LogP contribution >= 0.6 is 0 Å². The van der Waals surface area contributed by atoms with Crippen molar-refractivity contribution in [3.05, 3.63) is 42.2 Å². The number of benzene rings is 1.